The van der Waals surface area contributed by atoms with Gasteiger partial charge in [0.25, 0.3) is 11.8 Å². The fourth-order valence-corrected chi connectivity index (χ4v) is 5.40. The van der Waals surface area contributed by atoms with E-state index in [1.807, 2.05) is 25.1 Å². The fourth-order valence-electron chi connectivity index (χ4n) is 3.81. The standard InChI is InChI=1S/C22H27N3O2S2/c1-12-7-5-6-8-14(12)19(27)24-21(28)25-20-17(18(23)26)15-10-9-13(22(2,3)4)11-16(15)29-20/h5-8,13H,9-11H2,1-4H3,(H2,23,26)(H2,24,25,27,28). The van der Waals surface area contributed by atoms with Gasteiger partial charge < -0.3 is 11.1 Å². The zero-order valence-electron chi connectivity index (χ0n) is 17.2. The molecule has 0 fully saturated rings. The van der Waals surface area contributed by atoms with E-state index in [0.29, 0.717) is 22.0 Å². The first-order valence-electron chi connectivity index (χ1n) is 9.70. The summed E-state index contributed by atoms with van der Waals surface area (Å²) in [5.41, 5.74) is 8.85. The predicted octanol–water partition coefficient (Wildman–Crippen LogP) is 4.43. The van der Waals surface area contributed by atoms with E-state index in [1.165, 1.54) is 16.2 Å². The van der Waals surface area contributed by atoms with Gasteiger partial charge in [0.15, 0.2) is 5.11 Å². The van der Waals surface area contributed by atoms with Gasteiger partial charge in [-0.1, -0.05) is 39.0 Å². The summed E-state index contributed by atoms with van der Waals surface area (Å²) >= 11 is 6.85. The van der Waals surface area contributed by atoms with Gasteiger partial charge in [-0.15, -0.1) is 11.3 Å². The molecule has 1 heterocycles. The summed E-state index contributed by atoms with van der Waals surface area (Å²) < 4.78 is 0. The number of primary amides is 1. The van der Waals surface area contributed by atoms with Crippen molar-refractivity contribution < 1.29 is 9.59 Å². The van der Waals surface area contributed by atoms with Crippen LogP contribution in [0.4, 0.5) is 5.00 Å². The number of anilines is 1. The number of thiocarbonyl (C=S) groups is 1. The minimum atomic E-state index is -0.466. The quantitative estimate of drug-likeness (QED) is 0.630. The number of carbonyl (C=O) groups is 2. The fraction of sp³-hybridized carbons (Fsp3) is 0.409. The van der Waals surface area contributed by atoms with E-state index in [9.17, 15) is 9.59 Å². The monoisotopic (exact) mass is 429 g/mol. The summed E-state index contributed by atoms with van der Waals surface area (Å²) in [7, 11) is 0. The highest BCUT2D eigenvalue weighted by molar-refractivity contribution is 7.80. The van der Waals surface area contributed by atoms with Crippen molar-refractivity contribution in [2.75, 3.05) is 5.32 Å². The van der Waals surface area contributed by atoms with Crippen molar-refractivity contribution >= 4 is 45.5 Å². The molecule has 5 nitrogen and oxygen atoms in total. The average molecular weight is 430 g/mol. The molecule has 0 saturated carbocycles. The smallest absolute Gasteiger partial charge is 0.257 e. The van der Waals surface area contributed by atoms with Gasteiger partial charge in [-0.05, 0) is 66.9 Å². The molecule has 29 heavy (non-hydrogen) atoms. The molecule has 1 atom stereocenters. The zero-order chi connectivity index (χ0) is 21.3. The van der Waals surface area contributed by atoms with Crippen LogP contribution in [0.3, 0.4) is 0 Å². The lowest BCUT2D eigenvalue weighted by atomic mass is 9.72. The van der Waals surface area contributed by atoms with Crippen LogP contribution in [0.1, 0.15) is 63.9 Å². The molecule has 7 heteroatoms. The molecular formula is C22H27N3O2S2. The van der Waals surface area contributed by atoms with Crippen LogP contribution >= 0.6 is 23.6 Å². The van der Waals surface area contributed by atoms with Gasteiger partial charge in [-0.3, -0.25) is 14.9 Å². The molecule has 154 valence electrons. The van der Waals surface area contributed by atoms with Crippen LogP contribution in [0.25, 0.3) is 0 Å². The van der Waals surface area contributed by atoms with Gasteiger partial charge in [0.2, 0.25) is 0 Å². The lowest BCUT2D eigenvalue weighted by molar-refractivity contribution is 0.0975. The Hall–Kier alpha value is -2.25. The molecule has 1 aliphatic rings. The minimum absolute atomic E-state index is 0.159. The molecule has 4 N–H and O–H groups in total. The van der Waals surface area contributed by atoms with Crippen LogP contribution in [0, 0.1) is 18.3 Å². The number of benzene rings is 1. The molecule has 0 radical (unpaired) electrons. The van der Waals surface area contributed by atoms with Gasteiger partial charge in [-0.2, -0.15) is 0 Å². The van der Waals surface area contributed by atoms with E-state index in [0.717, 1.165) is 30.4 Å². The highest BCUT2D eigenvalue weighted by atomic mass is 32.1. The number of carbonyl (C=O) groups excluding carboxylic acids is 2. The minimum Gasteiger partial charge on any atom is -0.365 e. The van der Waals surface area contributed by atoms with Crippen LogP contribution in [0.5, 0.6) is 0 Å². The van der Waals surface area contributed by atoms with E-state index in [1.54, 1.807) is 6.07 Å². The number of rotatable bonds is 3. The molecule has 0 saturated heterocycles. The first kappa shape index (κ1) is 21.5. The number of hydrogen-bond donors (Lipinski definition) is 3. The summed E-state index contributed by atoms with van der Waals surface area (Å²) in [4.78, 5) is 25.8. The number of thiophene rings is 1. The lowest BCUT2D eigenvalue weighted by Crippen LogP contribution is -2.34. The predicted molar refractivity (Wildman–Crippen MR) is 123 cm³/mol. The summed E-state index contributed by atoms with van der Waals surface area (Å²) in [6.45, 7) is 8.62. The number of nitrogens with one attached hydrogen (secondary N) is 2. The number of fused-ring (bicyclic) bond motifs is 1. The molecule has 2 aromatic rings. The highest BCUT2D eigenvalue weighted by Crippen LogP contribution is 2.44. The van der Waals surface area contributed by atoms with E-state index in [4.69, 9.17) is 18.0 Å². The second kappa shape index (κ2) is 8.24. The molecule has 1 aromatic carbocycles. The maximum Gasteiger partial charge on any atom is 0.257 e. The number of aryl methyl sites for hydroxylation is 1. The molecule has 1 unspecified atom stereocenters. The van der Waals surface area contributed by atoms with Crippen LogP contribution in [-0.2, 0) is 12.8 Å². The SMILES string of the molecule is Cc1ccccc1C(=O)NC(=S)Nc1sc2c(c1C(N)=O)CCC(C(C)(C)C)C2. The Kier molecular flexibility index (Phi) is 6.10. The van der Waals surface area contributed by atoms with E-state index < -0.39 is 5.91 Å². The van der Waals surface area contributed by atoms with Crippen LogP contribution in [0.15, 0.2) is 24.3 Å². The van der Waals surface area contributed by atoms with Crippen molar-refractivity contribution in [3.05, 3.63) is 51.4 Å². The molecular weight excluding hydrogens is 402 g/mol. The summed E-state index contributed by atoms with van der Waals surface area (Å²) in [6.07, 6.45) is 2.78. The van der Waals surface area contributed by atoms with Gasteiger partial charge in [0.05, 0.1) is 5.56 Å². The largest absolute Gasteiger partial charge is 0.365 e. The van der Waals surface area contributed by atoms with E-state index in [2.05, 4.69) is 31.4 Å². The second-order valence-corrected chi connectivity index (χ2v) is 10.1. The first-order chi connectivity index (χ1) is 13.6. The number of amides is 2. The third kappa shape index (κ3) is 4.67. The number of nitrogens with two attached hydrogens (primary N) is 1. The van der Waals surface area contributed by atoms with Crippen LogP contribution < -0.4 is 16.4 Å². The molecule has 1 aromatic heterocycles. The molecule has 0 bridgehead atoms. The summed E-state index contributed by atoms with van der Waals surface area (Å²) in [6, 6.07) is 7.31. The van der Waals surface area contributed by atoms with Gasteiger partial charge in [0, 0.05) is 10.4 Å². The second-order valence-electron chi connectivity index (χ2n) is 8.60. The van der Waals surface area contributed by atoms with Gasteiger partial charge >= 0.3 is 0 Å². The van der Waals surface area contributed by atoms with E-state index >= 15 is 0 Å². The lowest BCUT2D eigenvalue weighted by Gasteiger charge is -2.33. The highest BCUT2D eigenvalue weighted by Gasteiger charge is 2.33. The Bertz CT molecular complexity index is 973. The normalized spacial score (nSPS) is 16.1. The molecule has 2 amide bonds. The van der Waals surface area contributed by atoms with Crippen molar-refractivity contribution in [1.82, 2.24) is 5.32 Å². The van der Waals surface area contributed by atoms with Crippen molar-refractivity contribution in [2.45, 2.75) is 47.0 Å². The summed E-state index contributed by atoms with van der Waals surface area (Å²) in [5, 5.41) is 6.52. The molecule has 3 rings (SSSR count). The Balaban J connectivity index is 1.80. The first-order valence-corrected chi connectivity index (χ1v) is 10.9. The van der Waals surface area contributed by atoms with Crippen molar-refractivity contribution in [2.24, 2.45) is 17.1 Å². The summed E-state index contributed by atoms with van der Waals surface area (Å²) in [5.74, 6) is -0.197. The Morgan fingerprint density at radius 2 is 1.93 bits per heavy atom. The van der Waals surface area contributed by atoms with Crippen molar-refractivity contribution in [3.63, 3.8) is 0 Å². The van der Waals surface area contributed by atoms with Gasteiger partial charge in [0.1, 0.15) is 5.00 Å². The van der Waals surface area contributed by atoms with Crippen molar-refractivity contribution in [1.29, 1.82) is 0 Å². The average Bonchev–Trinajstić information content (AvgIpc) is 2.98. The molecule has 1 aliphatic carbocycles. The number of hydrogen-bond acceptors (Lipinski definition) is 4. The van der Waals surface area contributed by atoms with E-state index in [-0.39, 0.29) is 16.4 Å². The Labute approximate surface area is 181 Å². The molecule has 0 spiro atoms. The van der Waals surface area contributed by atoms with Crippen LogP contribution in [0.2, 0.25) is 0 Å². The third-order valence-corrected chi connectivity index (χ3v) is 6.95. The topological polar surface area (TPSA) is 84.2 Å². The van der Waals surface area contributed by atoms with Crippen molar-refractivity contribution in [3.8, 4) is 0 Å². The Morgan fingerprint density at radius 3 is 2.55 bits per heavy atom. The third-order valence-electron chi connectivity index (χ3n) is 5.58. The zero-order valence-corrected chi connectivity index (χ0v) is 18.9. The van der Waals surface area contributed by atoms with Gasteiger partial charge in [-0.25, -0.2) is 0 Å². The maximum absolute atomic E-state index is 12.5. The Morgan fingerprint density at radius 1 is 1.24 bits per heavy atom. The van der Waals surface area contributed by atoms with Crippen LogP contribution in [-0.4, -0.2) is 16.9 Å². The molecule has 0 aliphatic heterocycles. The maximum atomic E-state index is 12.5.